The average molecular weight is 824 g/mol. The first-order valence-corrected chi connectivity index (χ1v) is 23.8. The minimum absolute atomic E-state index is 0.0193. The summed E-state index contributed by atoms with van der Waals surface area (Å²) in [4.78, 5) is 66.0. The van der Waals surface area contributed by atoms with E-state index in [9.17, 15) is 44.4 Å². The first-order chi connectivity index (χ1) is 28.0. The number of rotatable bonds is 38. The van der Waals surface area contributed by atoms with Crippen molar-refractivity contribution in [3.8, 4) is 0 Å². The molecule has 0 radical (unpaired) electrons. The molecular weight excluding hydrogens is 739 g/mol. The fourth-order valence-electron chi connectivity index (χ4n) is 7.77. The fourth-order valence-corrected chi connectivity index (χ4v) is 7.77. The molecule has 1 heterocycles. The van der Waals surface area contributed by atoms with Gasteiger partial charge in [-0.1, -0.05) is 175 Å². The second-order valence-corrected chi connectivity index (χ2v) is 17.0. The lowest BCUT2D eigenvalue weighted by Gasteiger charge is -2.42. The minimum Gasteiger partial charge on any atom is -0.387 e. The Balaban J connectivity index is 2.76. The number of ketones is 3. The smallest absolute Gasteiger partial charge is 0.261 e. The van der Waals surface area contributed by atoms with Gasteiger partial charge in [0, 0.05) is 32.2 Å². The highest BCUT2D eigenvalue weighted by molar-refractivity contribution is 6.02. The zero-order valence-corrected chi connectivity index (χ0v) is 37.0. The standard InChI is InChI=1S/C47H85NO10/c1-4-7-10-12-14-16-17-18-19-20-21-22-24-26-28-30-35-48(40(52)32-29-27-25-23-15-13-11-8-5-2)47(57)46-44(56)42(54)43(55)45(58-46)41(53)39(51)36-38(50)34-33-37(49)31-9-6-3/h41-46,53-56H,4-36H2,1-3H3/t41?,42-,43-,44-,45+,46+/m0/s1. The van der Waals surface area contributed by atoms with E-state index in [4.69, 9.17) is 4.74 Å². The van der Waals surface area contributed by atoms with Crippen molar-refractivity contribution >= 4 is 29.2 Å². The van der Waals surface area contributed by atoms with E-state index in [1.54, 1.807) is 0 Å². The minimum atomic E-state index is -2.10. The first kappa shape index (κ1) is 54.0. The second-order valence-electron chi connectivity index (χ2n) is 17.0. The van der Waals surface area contributed by atoms with Crippen LogP contribution in [-0.2, 0) is 28.7 Å². The molecule has 1 fully saturated rings. The van der Waals surface area contributed by atoms with Gasteiger partial charge in [0.25, 0.3) is 5.91 Å². The molecule has 1 unspecified atom stereocenters. The molecule has 0 aromatic carbocycles. The Labute approximate surface area is 351 Å². The van der Waals surface area contributed by atoms with Gasteiger partial charge in [0.1, 0.15) is 42.1 Å². The van der Waals surface area contributed by atoms with Crippen LogP contribution in [-0.4, -0.2) is 97.7 Å². The number of imide groups is 1. The van der Waals surface area contributed by atoms with Crippen LogP contribution in [0.1, 0.15) is 226 Å². The maximum absolute atomic E-state index is 14.0. The highest BCUT2D eigenvalue weighted by Crippen LogP contribution is 2.27. The van der Waals surface area contributed by atoms with Crippen molar-refractivity contribution in [1.82, 2.24) is 4.90 Å². The Morgan fingerprint density at radius 2 is 0.897 bits per heavy atom. The van der Waals surface area contributed by atoms with Crippen molar-refractivity contribution in [2.75, 3.05) is 6.54 Å². The summed E-state index contributed by atoms with van der Waals surface area (Å²) in [5.74, 6) is -2.98. The Bertz CT molecular complexity index is 1120. The summed E-state index contributed by atoms with van der Waals surface area (Å²) in [6, 6.07) is 0. The SMILES string of the molecule is CCCCCCCCCCCCCCCCCCN(C(=O)CCCCCCCCCCC)C(=O)[C@@H]1O[C@H](C(O)C(=O)CC(=O)CCC(=O)CCCC)[C@@H](O)[C@H](O)[C@@H]1O. The van der Waals surface area contributed by atoms with E-state index in [1.807, 2.05) is 6.92 Å². The quantitative estimate of drug-likeness (QED) is 0.0347. The fraction of sp³-hybridized carbons (Fsp3) is 0.894. The molecule has 1 saturated heterocycles. The summed E-state index contributed by atoms with van der Waals surface area (Å²) < 4.78 is 5.67. The van der Waals surface area contributed by atoms with E-state index < -0.39 is 66.4 Å². The molecule has 1 rings (SSSR count). The molecule has 6 atom stereocenters. The molecule has 4 N–H and O–H groups in total. The molecule has 11 nitrogen and oxygen atoms in total. The number of aliphatic hydroxyl groups is 4. The number of hydrogen-bond donors (Lipinski definition) is 4. The summed E-state index contributed by atoms with van der Waals surface area (Å²) in [6.07, 6.45) is 18.0. The Morgan fingerprint density at radius 1 is 0.483 bits per heavy atom. The molecular formula is C47H85NO10. The lowest BCUT2D eigenvalue weighted by molar-refractivity contribution is -0.240. The van der Waals surface area contributed by atoms with Crippen LogP contribution in [0.5, 0.6) is 0 Å². The van der Waals surface area contributed by atoms with E-state index in [2.05, 4.69) is 13.8 Å². The first-order valence-electron chi connectivity index (χ1n) is 23.8. The van der Waals surface area contributed by atoms with Gasteiger partial charge in [-0.05, 0) is 19.3 Å². The summed E-state index contributed by atoms with van der Waals surface area (Å²) in [6.45, 7) is 6.48. The van der Waals surface area contributed by atoms with Gasteiger partial charge in [0.05, 0.1) is 6.42 Å². The maximum Gasteiger partial charge on any atom is 0.261 e. The van der Waals surface area contributed by atoms with Crippen molar-refractivity contribution in [3.05, 3.63) is 0 Å². The molecule has 11 heteroatoms. The number of unbranched alkanes of at least 4 members (excludes halogenated alkanes) is 24. The number of ether oxygens (including phenoxy) is 1. The van der Waals surface area contributed by atoms with Gasteiger partial charge in [-0.3, -0.25) is 28.9 Å². The number of hydrogen-bond acceptors (Lipinski definition) is 10. The largest absolute Gasteiger partial charge is 0.387 e. The van der Waals surface area contributed by atoms with Crippen LogP contribution in [0.15, 0.2) is 0 Å². The number of nitrogens with zero attached hydrogens (tertiary/aromatic N) is 1. The number of carbonyl (C=O) groups excluding carboxylic acids is 5. The molecule has 0 spiro atoms. The Hall–Kier alpha value is -2.05. The highest BCUT2D eigenvalue weighted by atomic mass is 16.6. The van der Waals surface area contributed by atoms with Gasteiger partial charge in [0.15, 0.2) is 11.9 Å². The van der Waals surface area contributed by atoms with Crippen molar-refractivity contribution in [1.29, 1.82) is 0 Å². The monoisotopic (exact) mass is 824 g/mol. The zero-order valence-electron chi connectivity index (χ0n) is 37.0. The second kappa shape index (κ2) is 34.6. The normalized spacial score (nSPS) is 19.9. The van der Waals surface area contributed by atoms with Crippen molar-refractivity contribution in [2.24, 2.45) is 0 Å². The maximum atomic E-state index is 14.0. The predicted octanol–water partition coefficient (Wildman–Crippen LogP) is 8.80. The van der Waals surface area contributed by atoms with Crippen LogP contribution >= 0.6 is 0 Å². The van der Waals surface area contributed by atoms with Gasteiger partial charge in [-0.25, -0.2) is 0 Å². The van der Waals surface area contributed by atoms with Crippen LogP contribution in [0, 0.1) is 0 Å². The molecule has 0 aliphatic carbocycles. The highest BCUT2D eigenvalue weighted by Gasteiger charge is 2.51. The van der Waals surface area contributed by atoms with Gasteiger partial charge < -0.3 is 25.2 Å². The van der Waals surface area contributed by atoms with Gasteiger partial charge in [0.2, 0.25) is 5.91 Å². The summed E-state index contributed by atoms with van der Waals surface area (Å²) in [5.41, 5.74) is 0. The third kappa shape index (κ3) is 23.7. The van der Waals surface area contributed by atoms with Gasteiger partial charge in [-0.15, -0.1) is 0 Å². The predicted molar refractivity (Wildman–Crippen MR) is 229 cm³/mol. The van der Waals surface area contributed by atoms with E-state index in [-0.39, 0.29) is 31.6 Å². The topological polar surface area (TPSA) is 179 Å². The number of carbonyl (C=O) groups is 5. The molecule has 0 saturated carbocycles. The van der Waals surface area contributed by atoms with Crippen LogP contribution in [0.4, 0.5) is 0 Å². The van der Waals surface area contributed by atoms with E-state index >= 15 is 0 Å². The van der Waals surface area contributed by atoms with Crippen LogP contribution < -0.4 is 0 Å². The van der Waals surface area contributed by atoms with Crippen molar-refractivity contribution < 1.29 is 49.1 Å². The summed E-state index contributed by atoms with van der Waals surface area (Å²) >= 11 is 0. The third-order valence-corrected chi connectivity index (χ3v) is 11.7. The van der Waals surface area contributed by atoms with E-state index in [0.717, 1.165) is 62.7 Å². The molecule has 1 aliphatic heterocycles. The van der Waals surface area contributed by atoms with Crippen molar-refractivity contribution in [2.45, 2.75) is 263 Å². The number of aliphatic hydroxyl groups excluding tert-OH is 4. The number of amides is 2. The zero-order chi connectivity index (χ0) is 43.0. The molecule has 0 aromatic rings. The third-order valence-electron chi connectivity index (χ3n) is 11.7. The van der Waals surface area contributed by atoms with E-state index in [0.29, 0.717) is 25.7 Å². The lowest BCUT2D eigenvalue weighted by atomic mass is 9.89. The molecule has 2 amide bonds. The lowest BCUT2D eigenvalue weighted by Crippen LogP contribution is -2.65. The molecule has 338 valence electrons. The van der Waals surface area contributed by atoms with E-state index in [1.165, 1.54) is 96.3 Å². The molecule has 0 bridgehead atoms. The van der Waals surface area contributed by atoms with Crippen LogP contribution in [0.25, 0.3) is 0 Å². The summed E-state index contributed by atoms with van der Waals surface area (Å²) in [7, 11) is 0. The van der Waals surface area contributed by atoms with Gasteiger partial charge >= 0.3 is 0 Å². The number of Topliss-reactive ketones (excluding diaryl/α,β-unsaturated/α-hetero) is 3. The Kier molecular flexibility index (Phi) is 32.2. The average Bonchev–Trinajstić information content (AvgIpc) is 3.21. The molecule has 1 aliphatic rings. The van der Waals surface area contributed by atoms with Crippen LogP contribution in [0.3, 0.4) is 0 Å². The summed E-state index contributed by atoms with van der Waals surface area (Å²) in [5, 5.41) is 43.2. The van der Waals surface area contributed by atoms with Gasteiger partial charge in [-0.2, -0.15) is 0 Å². The van der Waals surface area contributed by atoms with Crippen molar-refractivity contribution in [3.63, 3.8) is 0 Å². The Morgan fingerprint density at radius 3 is 1.36 bits per heavy atom. The molecule has 0 aromatic heterocycles. The molecule has 58 heavy (non-hydrogen) atoms. The van der Waals surface area contributed by atoms with Crippen LogP contribution in [0.2, 0.25) is 0 Å².